The van der Waals surface area contributed by atoms with Crippen molar-refractivity contribution in [2.45, 2.75) is 20.0 Å². The number of carbonyl (C=O) groups is 1. The van der Waals surface area contributed by atoms with Crippen LogP contribution in [-0.4, -0.2) is 15.9 Å². The first kappa shape index (κ1) is 13.2. The Morgan fingerprint density at radius 3 is 2.84 bits per heavy atom. The summed E-state index contributed by atoms with van der Waals surface area (Å²) in [7, 11) is 0. The van der Waals surface area contributed by atoms with Gasteiger partial charge in [0.2, 0.25) is 0 Å². The molecule has 0 aliphatic rings. The van der Waals surface area contributed by atoms with Gasteiger partial charge in [0, 0.05) is 36.7 Å². The smallest absolute Gasteiger partial charge is 0.251 e. The number of rotatable bonds is 4. The average molecular weight is 256 g/mol. The van der Waals surface area contributed by atoms with Gasteiger partial charge in [-0.2, -0.15) is 0 Å². The fourth-order valence-corrected chi connectivity index (χ4v) is 1.62. The predicted molar refractivity (Wildman–Crippen MR) is 72.3 cm³/mol. The van der Waals surface area contributed by atoms with E-state index in [0.29, 0.717) is 24.3 Å². The van der Waals surface area contributed by atoms with E-state index in [1.54, 1.807) is 24.5 Å². The van der Waals surface area contributed by atoms with E-state index in [1.807, 2.05) is 19.1 Å². The van der Waals surface area contributed by atoms with Gasteiger partial charge >= 0.3 is 0 Å². The predicted octanol–water partition coefficient (Wildman–Crippen LogP) is 1.17. The minimum absolute atomic E-state index is 0.141. The third-order valence-electron chi connectivity index (χ3n) is 2.71. The normalized spacial score (nSPS) is 10.2. The number of nitrogens with two attached hydrogens (primary N) is 1. The first-order valence-electron chi connectivity index (χ1n) is 6.04. The Labute approximate surface area is 111 Å². The maximum absolute atomic E-state index is 12.0. The van der Waals surface area contributed by atoms with E-state index in [4.69, 9.17) is 5.73 Å². The molecule has 0 bridgehead atoms. The van der Waals surface area contributed by atoms with Crippen molar-refractivity contribution in [3.05, 3.63) is 59.2 Å². The minimum atomic E-state index is -0.141. The highest BCUT2D eigenvalue weighted by atomic mass is 16.1. The van der Waals surface area contributed by atoms with Crippen molar-refractivity contribution >= 4 is 5.91 Å². The number of carbonyl (C=O) groups excluding carboxylic acids is 1. The second-order valence-corrected chi connectivity index (χ2v) is 4.23. The Bertz CT molecular complexity index is 566. The highest BCUT2D eigenvalue weighted by Gasteiger charge is 2.06. The number of pyridine rings is 2. The highest BCUT2D eigenvalue weighted by molar-refractivity contribution is 5.94. The van der Waals surface area contributed by atoms with Crippen molar-refractivity contribution in [1.82, 2.24) is 15.3 Å². The second kappa shape index (κ2) is 6.06. The molecule has 5 heteroatoms. The number of amides is 1. The Balaban J connectivity index is 1.99. The molecular formula is C14H16N4O. The van der Waals surface area contributed by atoms with Crippen LogP contribution in [0.3, 0.4) is 0 Å². The molecule has 0 unspecified atom stereocenters. The lowest BCUT2D eigenvalue weighted by atomic mass is 10.2. The molecule has 0 saturated heterocycles. The Hall–Kier alpha value is -2.27. The fourth-order valence-electron chi connectivity index (χ4n) is 1.62. The zero-order chi connectivity index (χ0) is 13.7. The Kier molecular flexibility index (Phi) is 4.20. The van der Waals surface area contributed by atoms with Crippen LogP contribution in [0.15, 0.2) is 36.7 Å². The molecule has 5 nitrogen and oxygen atoms in total. The van der Waals surface area contributed by atoms with Gasteiger partial charge in [-0.3, -0.25) is 14.8 Å². The molecule has 0 spiro atoms. The van der Waals surface area contributed by atoms with Gasteiger partial charge in [0.05, 0.1) is 5.69 Å². The number of hydrogen-bond donors (Lipinski definition) is 2. The van der Waals surface area contributed by atoms with Crippen LogP contribution in [0, 0.1) is 6.92 Å². The molecule has 1 amide bonds. The van der Waals surface area contributed by atoms with Crippen LogP contribution in [0.4, 0.5) is 0 Å². The van der Waals surface area contributed by atoms with Gasteiger partial charge in [-0.15, -0.1) is 0 Å². The maximum Gasteiger partial charge on any atom is 0.251 e. The van der Waals surface area contributed by atoms with Gasteiger partial charge in [-0.05, 0) is 30.7 Å². The van der Waals surface area contributed by atoms with Crippen LogP contribution in [0.2, 0.25) is 0 Å². The average Bonchev–Trinajstić information content (AvgIpc) is 2.46. The summed E-state index contributed by atoms with van der Waals surface area (Å²) in [5.74, 6) is -0.141. The van der Waals surface area contributed by atoms with E-state index in [9.17, 15) is 4.79 Å². The molecule has 19 heavy (non-hydrogen) atoms. The van der Waals surface area contributed by atoms with Crippen molar-refractivity contribution in [3.63, 3.8) is 0 Å². The highest BCUT2D eigenvalue weighted by Crippen LogP contribution is 2.03. The lowest BCUT2D eigenvalue weighted by molar-refractivity contribution is 0.0950. The Morgan fingerprint density at radius 2 is 2.16 bits per heavy atom. The standard InChI is InChI=1S/C14H16N4O/c1-10-2-3-11(8-17-10)9-18-14(19)12-4-5-16-13(6-12)7-15/h2-6,8H,7,9,15H2,1H3,(H,18,19). The van der Waals surface area contributed by atoms with E-state index in [2.05, 4.69) is 15.3 Å². The van der Waals surface area contributed by atoms with E-state index < -0.39 is 0 Å². The summed E-state index contributed by atoms with van der Waals surface area (Å²) >= 11 is 0. The molecule has 2 rings (SSSR count). The number of nitrogens with one attached hydrogen (secondary N) is 1. The zero-order valence-electron chi connectivity index (χ0n) is 10.8. The monoisotopic (exact) mass is 256 g/mol. The van der Waals surface area contributed by atoms with Crippen LogP contribution < -0.4 is 11.1 Å². The number of hydrogen-bond acceptors (Lipinski definition) is 4. The van der Waals surface area contributed by atoms with Crippen molar-refractivity contribution in [3.8, 4) is 0 Å². The van der Waals surface area contributed by atoms with Crippen LogP contribution in [0.1, 0.15) is 27.3 Å². The van der Waals surface area contributed by atoms with Crippen LogP contribution in [-0.2, 0) is 13.1 Å². The summed E-state index contributed by atoms with van der Waals surface area (Å²) in [6.07, 6.45) is 3.35. The van der Waals surface area contributed by atoms with Crippen LogP contribution in [0.5, 0.6) is 0 Å². The maximum atomic E-state index is 12.0. The molecule has 0 aliphatic carbocycles. The first-order chi connectivity index (χ1) is 9.19. The third kappa shape index (κ3) is 3.59. The van der Waals surface area contributed by atoms with Crippen molar-refractivity contribution in [1.29, 1.82) is 0 Å². The molecule has 3 N–H and O–H groups in total. The molecule has 2 aromatic heterocycles. The van der Waals surface area contributed by atoms with Gasteiger partial charge in [0.25, 0.3) is 5.91 Å². The zero-order valence-corrected chi connectivity index (χ0v) is 10.8. The molecular weight excluding hydrogens is 240 g/mol. The first-order valence-corrected chi connectivity index (χ1v) is 6.04. The molecule has 0 aliphatic heterocycles. The van der Waals surface area contributed by atoms with Crippen molar-refractivity contribution in [2.24, 2.45) is 5.73 Å². The minimum Gasteiger partial charge on any atom is -0.348 e. The van der Waals surface area contributed by atoms with E-state index >= 15 is 0 Å². The topological polar surface area (TPSA) is 80.9 Å². The molecule has 0 aromatic carbocycles. The summed E-state index contributed by atoms with van der Waals surface area (Å²) < 4.78 is 0. The summed E-state index contributed by atoms with van der Waals surface area (Å²) in [5, 5.41) is 2.84. The van der Waals surface area contributed by atoms with Gasteiger partial charge in [0.15, 0.2) is 0 Å². The third-order valence-corrected chi connectivity index (χ3v) is 2.71. The second-order valence-electron chi connectivity index (χ2n) is 4.23. The van der Waals surface area contributed by atoms with E-state index in [1.165, 1.54) is 0 Å². The van der Waals surface area contributed by atoms with E-state index in [0.717, 1.165) is 11.3 Å². The molecule has 2 aromatic rings. The van der Waals surface area contributed by atoms with Crippen molar-refractivity contribution < 1.29 is 4.79 Å². The summed E-state index contributed by atoms with van der Waals surface area (Å²) in [4.78, 5) is 20.2. The molecule has 0 atom stereocenters. The van der Waals surface area contributed by atoms with Crippen LogP contribution >= 0.6 is 0 Å². The molecule has 98 valence electrons. The Morgan fingerprint density at radius 1 is 1.32 bits per heavy atom. The number of aromatic nitrogens is 2. The molecule has 0 fully saturated rings. The molecule has 0 radical (unpaired) electrons. The fraction of sp³-hybridized carbons (Fsp3) is 0.214. The lowest BCUT2D eigenvalue weighted by Gasteiger charge is -2.06. The van der Waals surface area contributed by atoms with Crippen molar-refractivity contribution in [2.75, 3.05) is 0 Å². The van der Waals surface area contributed by atoms with Gasteiger partial charge in [-0.25, -0.2) is 0 Å². The SMILES string of the molecule is Cc1ccc(CNC(=O)c2ccnc(CN)c2)cn1. The van der Waals surface area contributed by atoms with E-state index in [-0.39, 0.29) is 5.91 Å². The lowest BCUT2D eigenvalue weighted by Crippen LogP contribution is -2.23. The van der Waals surface area contributed by atoms with Gasteiger partial charge in [-0.1, -0.05) is 6.07 Å². The number of nitrogens with zero attached hydrogens (tertiary/aromatic N) is 2. The van der Waals surface area contributed by atoms with Gasteiger partial charge < -0.3 is 11.1 Å². The van der Waals surface area contributed by atoms with Crippen LogP contribution in [0.25, 0.3) is 0 Å². The molecule has 0 saturated carbocycles. The largest absolute Gasteiger partial charge is 0.348 e. The number of aryl methyl sites for hydroxylation is 1. The van der Waals surface area contributed by atoms with Gasteiger partial charge in [0.1, 0.15) is 0 Å². The summed E-state index contributed by atoms with van der Waals surface area (Å²) in [5.41, 5.74) is 8.68. The quantitative estimate of drug-likeness (QED) is 0.860. The molecule has 2 heterocycles. The summed E-state index contributed by atoms with van der Waals surface area (Å²) in [6.45, 7) is 2.70. The summed E-state index contributed by atoms with van der Waals surface area (Å²) in [6, 6.07) is 7.23.